The van der Waals surface area contributed by atoms with Crippen molar-refractivity contribution in [3.05, 3.63) is 18.2 Å². The maximum atomic E-state index is 12.2. The summed E-state index contributed by atoms with van der Waals surface area (Å²) in [5.41, 5.74) is 0. The predicted octanol–water partition coefficient (Wildman–Crippen LogP) is 2.59. The zero-order chi connectivity index (χ0) is 17.5. The Balaban J connectivity index is 1.75. The number of likely N-dealkylation sites (tertiary alicyclic amines) is 1. The van der Waals surface area contributed by atoms with Crippen molar-refractivity contribution in [2.24, 2.45) is 5.92 Å². The maximum absolute atomic E-state index is 12.2. The molecule has 1 aliphatic heterocycles. The summed E-state index contributed by atoms with van der Waals surface area (Å²) in [6.45, 7) is 8.97. The molecule has 0 spiro atoms. The smallest absolute Gasteiger partial charge is 0.306 e. The molecule has 6 nitrogen and oxygen atoms in total. The van der Waals surface area contributed by atoms with Crippen LogP contribution in [0, 0.1) is 5.92 Å². The highest BCUT2D eigenvalue weighted by molar-refractivity contribution is 5.81. The van der Waals surface area contributed by atoms with Crippen LogP contribution < -0.4 is 0 Å². The summed E-state index contributed by atoms with van der Waals surface area (Å²) in [5.74, 6) is 1.90. The number of aromatic nitrogens is 2. The van der Waals surface area contributed by atoms with E-state index in [0.717, 1.165) is 38.3 Å². The van der Waals surface area contributed by atoms with Gasteiger partial charge in [-0.15, -0.1) is 0 Å². The third-order valence-corrected chi connectivity index (χ3v) is 4.53. The van der Waals surface area contributed by atoms with Gasteiger partial charge >= 0.3 is 5.97 Å². The molecule has 24 heavy (non-hydrogen) atoms. The lowest BCUT2D eigenvalue weighted by Gasteiger charge is -2.32. The molecule has 1 saturated heterocycles. The van der Waals surface area contributed by atoms with E-state index in [0.29, 0.717) is 18.4 Å². The lowest BCUT2D eigenvalue weighted by molar-refractivity contribution is -0.146. The minimum atomic E-state index is -0.290. The molecule has 1 aliphatic rings. The summed E-state index contributed by atoms with van der Waals surface area (Å²) in [6, 6.07) is 0. The highest BCUT2D eigenvalue weighted by Crippen LogP contribution is 2.22. The number of rotatable bonds is 7. The van der Waals surface area contributed by atoms with Gasteiger partial charge in [0, 0.05) is 44.4 Å². The van der Waals surface area contributed by atoms with Gasteiger partial charge in [0.15, 0.2) is 0 Å². The van der Waals surface area contributed by atoms with Crippen LogP contribution in [0.1, 0.15) is 58.2 Å². The van der Waals surface area contributed by atoms with Crippen molar-refractivity contribution in [2.45, 2.75) is 58.9 Å². The second-order valence-electron chi connectivity index (χ2n) is 6.72. The molecular formula is C18H29N3O3. The molecule has 0 aliphatic carbocycles. The molecule has 1 aromatic rings. The summed E-state index contributed by atoms with van der Waals surface area (Å²) < 4.78 is 7.11. The maximum Gasteiger partial charge on any atom is 0.306 e. The van der Waals surface area contributed by atoms with Crippen LogP contribution in [0.4, 0.5) is 0 Å². The number of nitrogens with zero attached hydrogens (tertiary/aromatic N) is 3. The zero-order valence-electron chi connectivity index (χ0n) is 15.0. The second kappa shape index (κ2) is 8.85. The Kier molecular flexibility index (Phi) is 6.82. The van der Waals surface area contributed by atoms with Gasteiger partial charge in [-0.2, -0.15) is 0 Å². The van der Waals surface area contributed by atoms with E-state index in [9.17, 15) is 9.59 Å². The normalized spacial score (nSPS) is 15.8. The molecule has 0 saturated carbocycles. The molecule has 0 unspecified atom stereocenters. The summed E-state index contributed by atoms with van der Waals surface area (Å²) in [7, 11) is 0. The van der Waals surface area contributed by atoms with E-state index >= 15 is 0 Å². The van der Waals surface area contributed by atoms with Crippen molar-refractivity contribution in [1.29, 1.82) is 0 Å². The Morgan fingerprint density at radius 3 is 2.62 bits per heavy atom. The summed E-state index contributed by atoms with van der Waals surface area (Å²) in [6.07, 6.45) is 6.35. The average Bonchev–Trinajstić information content (AvgIpc) is 3.02. The minimum absolute atomic E-state index is 0.0620. The Labute approximate surface area is 144 Å². The lowest BCUT2D eigenvalue weighted by Crippen LogP contribution is -2.39. The molecule has 1 fully saturated rings. The quantitative estimate of drug-likeness (QED) is 0.719. The largest absolute Gasteiger partial charge is 0.466 e. The van der Waals surface area contributed by atoms with Gasteiger partial charge in [0.25, 0.3) is 0 Å². The number of hydrogen-bond acceptors (Lipinski definition) is 4. The zero-order valence-corrected chi connectivity index (χ0v) is 15.0. The first-order valence-corrected chi connectivity index (χ1v) is 8.95. The van der Waals surface area contributed by atoms with Crippen molar-refractivity contribution in [2.75, 3.05) is 19.7 Å². The molecule has 0 N–H and O–H groups in total. The fourth-order valence-corrected chi connectivity index (χ4v) is 3.22. The first-order chi connectivity index (χ1) is 11.5. The topological polar surface area (TPSA) is 64.4 Å². The molecule has 2 heterocycles. The third kappa shape index (κ3) is 5.08. The van der Waals surface area contributed by atoms with Crippen LogP contribution in [0.2, 0.25) is 0 Å². The van der Waals surface area contributed by atoms with E-state index in [2.05, 4.69) is 23.4 Å². The van der Waals surface area contributed by atoms with Crippen molar-refractivity contribution in [1.82, 2.24) is 14.5 Å². The number of ether oxygens (including phenoxy) is 1. The van der Waals surface area contributed by atoms with Gasteiger partial charge in [-0.1, -0.05) is 13.8 Å². The van der Waals surface area contributed by atoms with E-state index in [-0.39, 0.29) is 24.7 Å². The van der Waals surface area contributed by atoms with E-state index in [1.807, 2.05) is 17.3 Å². The molecule has 6 heteroatoms. The van der Waals surface area contributed by atoms with Gasteiger partial charge in [0.05, 0.1) is 13.0 Å². The fourth-order valence-electron chi connectivity index (χ4n) is 3.22. The van der Waals surface area contributed by atoms with Crippen molar-refractivity contribution >= 4 is 11.9 Å². The fraction of sp³-hybridized carbons (Fsp3) is 0.722. The van der Waals surface area contributed by atoms with Gasteiger partial charge in [0.1, 0.15) is 5.82 Å². The lowest BCUT2D eigenvalue weighted by atomic mass is 9.96. The Morgan fingerprint density at radius 1 is 1.29 bits per heavy atom. The average molecular weight is 335 g/mol. The van der Waals surface area contributed by atoms with E-state index in [4.69, 9.17) is 4.74 Å². The number of imidazole rings is 1. The van der Waals surface area contributed by atoms with Gasteiger partial charge in [-0.3, -0.25) is 9.59 Å². The predicted molar refractivity (Wildman–Crippen MR) is 91.5 cm³/mol. The molecule has 2 rings (SSSR count). The van der Waals surface area contributed by atoms with Crippen molar-refractivity contribution in [3.63, 3.8) is 0 Å². The van der Waals surface area contributed by atoms with Crippen LogP contribution in [0.5, 0.6) is 0 Å². The van der Waals surface area contributed by atoms with Crippen LogP contribution in [0.15, 0.2) is 12.4 Å². The van der Waals surface area contributed by atoms with E-state index in [1.54, 1.807) is 6.92 Å². The molecule has 0 aromatic carbocycles. The molecule has 1 amide bonds. The number of piperidine rings is 1. The van der Waals surface area contributed by atoms with Gasteiger partial charge in [-0.25, -0.2) is 4.98 Å². The van der Waals surface area contributed by atoms with Crippen molar-refractivity contribution < 1.29 is 14.3 Å². The molecule has 0 bridgehead atoms. The molecule has 1 aromatic heterocycles. The highest BCUT2D eigenvalue weighted by atomic mass is 16.5. The van der Waals surface area contributed by atoms with Crippen LogP contribution in [0.25, 0.3) is 0 Å². The second-order valence-corrected chi connectivity index (χ2v) is 6.72. The summed E-state index contributed by atoms with van der Waals surface area (Å²) in [4.78, 5) is 29.8. The monoisotopic (exact) mass is 335 g/mol. The third-order valence-electron chi connectivity index (χ3n) is 4.53. The SMILES string of the molecule is CCOC(=O)CCC(=O)N1CCC(Cn2ccnc2C(C)C)CC1. The minimum Gasteiger partial charge on any atom is -0.466 e. The van der Waals surface area contributed by atoms with E-state index < -0.39 is 0 Å². The molecule has 0 radical (unpaired) electrons. The highest BCUT2D eigenvalue weighted by Gasteiger charge is 2.24. The van der Waals surface area contributed by atoms with Gasteiger partial charge < -0.3 is 14.2 Å². The molecule has 0 atom stereocenters. The van der Waals surface area contributed by atoms with Crippen LogP contribution in [-0.2, 0) is 20.9 Å². The number of esters is 1. The number of amides is 1. The first kappa shape index (κ1) is 18.5. The number of carbonyl (C=O) groups excluding carboxylic acids is 2. The van der Waals surface area contributed by atoms with Crippen molar-refractivity contribution in [3.8, 4) is 0 Å². The van der Waals surface area contributed by atoms with Crippen LogP contribution in [-0.4, -0.2) is 46.0 Å². The Morgan fingerprint density at radius 2 is 2.00 bits per heavy atom. The van der Waals surface area contributed by atoms with Gasteiger partial charge in [0.2, 0.25) is 5.91 Å². The number of carbonyl (C=O) groups is 2. The Bertz CT molecular complexity index is 545. The standard InChI is InChI=1S/C18H29N3O3/c1-4-24-17(23)6-5-16(22)20-10-7-15(8-11-20)13-21-12-9-19-18(21)14(2)3/h9,12,14-15H,4-8,10-11,13H2,1-3H3. The molecular weight excluding hydrogens is 306 g/mol. The Hall–Kier alpha value is -1.85. The van der Waals surface area contributed by atoms with Crippen LogP contribution >= 0.6 is 0 Å². The van der Waals surface area contributed by atoms with E-state index in [1.165, 1.54) is 0 Å². The van der Waals surface area contributed by atoms with Gasteiger partial charge in [-0.05, 0) is 25.7 Å². The summed E-state index contributed by atoms with van der Waals surface area (Å²) >= 11 is 0. The number of hydrogen-bond donors (Lipinski definition) is 0. The molecule has 134 valence electrons. The first-order valence-electron chi connectivity index (χ1n) is 8.95. The summed E-state index contributed by atoms with van der Waals surface area (Å²) in [5, 5.41) is 0. The van der Waals surface area contributed by atoms with Crippen LogP contribution in [0.3, 0.4) is 0 Å².